The number of aliphatic hydroxyl groups excluding tert-OH is 1. The van der Waals surface area contributed by atoms with Crippen LogP contribution in [0.1, 0.15) is 37.6 Å². The fourth-order valence-electron chi connectivity index (χ4n) is 2.17. The van der Waals surface area contributed by atoms with Crippen LogP contribution >= 0.6 is 11.6 Å². The molecule has 0 saturated heterocycles. The van der Waals surface area contributed by atoms with Crippen LogP contribution in [0.2, 0.25) is 5.02 Å². The third-order valence-electron chi connectivity index (χ3n) is 3.51. The topological polar surface area (TPSA) is 38.0 Å². The highest BCUT2D eigenvalue weighted by Crippen LogP contribution is 2.15. The molecule has 1 aromatic carbocycles. The maximum Gasteiger partial charge on any atom is 0.0650 e. The number of halogens is 1. The van der Waals surface area contributed by atoms with Crippen molar-refractivity contribution in [1.82, 2.24) is 9.78 Å². The van der Waals surface area contributed by atoms with E-state index in [9.17, 15) is 5.11 Å². The van der Waals surface area contributed by atoms with Crippen LogP contribution in [-0.2, 0) is 12.8 Å². The number of nitrogens with zero attached hydrogens (tertiary/aromatic N) is 2. The van der Waals surface area contributed by atoms with Gasteiger partial charge in [-0.05, 0) is 43.5 Å². The molecule has 0 bridgehead atoms. The lowest BCUT2D eigenvalue weighted by Crippen LogP contribution is -2.15. The zero-order valence-corrected chi connectivity index (χ0v) is 12.7. The molecule has 0 aliphatic carbocycles. The van der Waals surface area contributed by atoms with E-state index in [4.69, 9.17) is 11.6 Å². The van der Waals surface area contributed by atoms with Gasteiger partial charge in [-0.15, -0.1) is 0 Å². The molecule has 1 N–H and O–H groups in total. The van der Waals surface area contributed by atoms with Gasteiger partial charge in [-0.1, -0.05) is 30.7 Å². The number of aromatic nitrogens is 2. The fraction of sp³-hybridized carbons (Fsp3) is 0.438. The van der Waals surface area contributed by atoms with Crippen LogP contribution in [0.5, 0.6) is 0 Å². The molecule has 20 heavy (non-hydrogen) atoms. The van der Waals surface area contributed by atoms with E-state index < -0.39 is 6.10 Å². The van der Waals surface area contributed by atoms with Crippen molar-refractivity contribution in [3.8, 4) is 0 Å². The zero-order chi connectivity index (χ0) is 14.5. The molecule has 2 aromatic rings. The van der Waals surface area contributed by atoms with Crippen molar-refractivity contribution in [2.24, 2.45) is 0 Å². The van der Waals surface area contributed by atoms with E-state index in [1.165, 1.54) is 0 Å². The SMILES string of the molecule is CCC(C)n1ccc(CC(O)Cc2cccc(Cl)c2)n1. The van der Waals surface area contributed by atoms with Crippen LogP contribution in [-0.4, -0.2) is 21.0 Å². The number of hydrogen-bond acceptors (Lipinski definition) is 2. The first-order chi connectivity index (χ1) is 9.58. The van der Waals surface area contributed by atoms with E-state index >= 15 is 0 Å². The summed E-state index contributed by atoms with van der Waals surface area (Å²) in [6, 6.07) is 9.99. The van der Waals surface area contributed by atoms with E-state index in [1.807, 2.05) is 41.2 Å². The lowest BCUT2D eigenvalue weighted by molar-refractivity contribution is 0.174. The second kappa shape index (κ2) is 6.91. The van der Waals surface area contributed by atoms with Gasteiger partial charge >= 0.3 is 0 Å². The van der Waals surface area contributed by atoms with Gasteiger partial charge in [0, 0.05) is 23.7 Å². The molecule has 0 amide bonds. The molecule has 0 aliphatic heterocycles. The maximum atomic E-state index is 10.2. The molecule has 0 radical (unpaired) electrons. The standard InChI is InChI=1S/C16H21ClN2O/c1-3-12(2)19-8-7-15(18-19)11-16(20)10-13-5-4-6-14(17)9-13/h4-9,12,16,20H,3,10-11H2,1-2H3. The third-order valence-corrected chi connectivity index (χ3v) is 3.75. The van der Waals surface area contributed by atoms with E-state index in [2.05, 4.69) is 18.9 Å². The Morgan fingerprint density at radius 2 is 2.10 bits per heavy atom. The molecule has 2 unspecified atom stereocenters. The molecular weight excluding hydrogens is 272 g/mol. The molecule has 0 saturated carbocycles. The molecule has 108 valence electrons. The molecule has 0 spiro atoms. The Balaban J connectivity index is 1.94. The quantitative estimate of drug-likeness (QED) is 0.882. The minimum Gasteiger partial charge on any atom is -0.392 e. The molecular formula is C16H21ClN2O. The average Bonchev–Trinajstić information content (AvgIpc) is 2.86. The van der Waals surface area contributed by atoms with Crippen molar-refractivity contribution >= 4 is 11.6 Å². The normalized spacial score (nSPS) is 14.2. The minimum absolute atomic E-state index is 0.397. The molecule has 3 nitrogen and oxygen atoms in total. The van der Waals surface area contributed by atoms with Gasteiger partial charge in [0.05, 0.1) is 11.8 Å². The number of benzene rings is 1. The Morgan fingerprint density at radius 3 is 2.80 bits per heavy atom. The van der Waals surface area contributed by atoms with Crippen LogP contribution in [0.3, 0.4) is 0 Å². The van der Waals surface area contributed by atoms with Gasteiger partial charge in [0.25, 0.3) is 0 Å². The monoisotopic (exact) mass is 292 g/mol. The average molecular weight is 293 g/mol. The zero-order valence-electron chi connectivity index (χ0n) is 12.0. The minimum atomic E-state index is -0.436. The molecule has 4 heteroatoms. The van der Waals surface area contributed by atoms with Gasteiger partial charge in [0.2, 0.25) is 0 Å². The molecule has 0 aliphatic rings. The molecule has 0 fully saturated rings. The summed E-state index contributed by atoms with van der Waals surface area (Å²) in [6.45, 7) is 4.28. The molecule has 2 atom stereocenters. The fourth-order valence-corrected chi connectivity index (χ4v) is 2.38. The molecule has 1 heterocycles. The van der Waals surface area contributed by atoms with Crippen LogP contribution in [0, 0.1) is 0 Å². The van der Waals surface area contributed by atoms with Crippen LogP contribution in [0.15, 0.2) is 36.5 Å². The lowest BCUT2D eigenvalue weighted by Gasteiger charge is -2.10. The van der Waals surface area contributed by atoms with E-state index in [-0.39, 0.29) is 0 Å². The van der Waals surface area contributed by atoms with E-state index in [0.717, 1.165) is 17.7 Å². The number of rotatable bonds is 6. The van der Waals surface area contributed by atoms with Gasteiger partial charge in [-0.3, -0.25) is 4.68 Å². The number of hydrogen-bond donors (Lipinski definition) is 1. The van der Waals surface area contributed by atoms with Crippen molar-refractivity contribution in [2.45, 2.75) is 45.3 Å². The van der Waals surface area contributed by atoms with Crippen molar-refractivity contribution in [3.05, 3.63) is 52.8 Å². The van der Waals surface area contributed by atoms with Gasteiger partial charge in [0.1, 0.15) is 0 Å². The van der Waals surface area contributed by atoms with E-state index in [1.54, 1.807) is 0 Å². The Morgan fingerprint density at radius 1 is 1.30 bits per heavy atom. The van der Waals surface area contributed by atoms with Crippen LogP contribution in [0.25, 0.3) is 0 Å². The Bertz CT molecular complexity index is 553. The summed E-state index contributed by atoms with van der Waals surface area (Å²) >= 11 is 5.95. The lowest BCUT2D eigenvalue weighted by atomic mass is 10.0. The van der Waals surface area contributed by atoms with Gasteiger partial charge in [0.15, 0.2) is 0 Å². The second-order valence-corrected chi connectivity index (χ2v) is 5.67. The summed E-state index contributed by atoms with van der Waals surface area (Å²) in [6.07, 6.45) is 3.75. The van der Waals surface area contributed by atoms with Crippen molar-refractivity contribution in [2.75, 3.05) is 0 Å². The smallest absolute Gasteiger partial charge is 0.0650 e. The highest BCUT2D eigenvalue weighted by Gasteiger charge is 2.11. The first kappa shape index (κ1) is 15.1. The van der Waals surface area contributed by atoms with E-state index in [0.29, 0.717) is 23.9 Å². The maximum absolute atomic E-state index is 10.2. The Labute approximate surface area is 125 Å². The highest BCUT2D eigenvalue weighted by atomic mass is 35.5. The van der Waals surface area contributed by atoms with Gasteiger partial charge in [-0.25, -0.2) is 0 Å². The summed E-state index contributed by atoms with van der Waals surface area (Å²) in [5.74, 6) is 0. The van der Waals surface area contributed by atoms with Gasteiger partial charge in [-0.2, -0.15) is 5.10 Å². The predicted octanol–water partition coefficient (Wildman–Crippen LogP) is 3.65. The van der Waals surface area contributed by atoms with Crippen LogP contribution in [0.4, 0.5) is 0 Å². The molecule has 1 aromatic heterocycles. The number of aliphatic hydroxyl groups is 1. The van der Waals surface area contributed by atoms with Crippen molar-refractivity contribution in [1.29, 1.82) is 0 Å². The third kappa shape index (κ3) is 4.09. The first-order valence-corrected chi connectivity index (χ1v) is 7.42. The second-order valence-electron chi connectivity index (χ2n) is 5.24. The van der Waals surface area contributed by atoms with Crippen molar-refractivity contribution < 1.29 is 5.11 Å². The Hall–Kier alpha value is -1.32. The molecule has 2 rings (SSSR count). The summed E-state index contributed by atoms with van der Waals surface area (Å²) < 4.78 is 1.96. The highest BCUT2D eigenvalue weighted by molar-refractivity contribution is 6.30. The largest absolute Gasteiger partial charge is 0.392 e. The summed E-state index contributed by atoms with van der Waals surface area (Å²) in [5, 5.41) is 15.4. The summed E-state index contributed by atoms with van der Waals surface area (Å²) in [4.78, 5) is 0. The summed E-state index contributed by atoms with van der Waals surface area (Å²) in [5.41, 5.74) is 1.98. The van der Waals surface area contributed by atoms with Crippen molar-refractivity contribution in [3.63, 3.8) is 0 Å². The Kier molecular flexibility index (Phi) is 5.21. The van der Waals surface area contributed by atoms with Crippen LogP contribution < -0.4 is 0 Å². The summed E-state index contributed by atoms with van der Waals surface area (Å²) in [7, 11) is 0. The van der Waals surface area contributed by atoms with Gasteiger partial charge < -0.3 is 5.11 Å². The first-order valence-electron chi connectivity index (χ1n) is 7.05. The predicted molar refractivity (Wildman–Crippen MR) is 82.1 cm³/mol.